The van der Waals surface area contributed by atoms with Crippen LogP contribution in [0.4, 0.5) is 0 Å². The van der Waals surface area contributed by atoms with Crippen LogP contribution in [0.3, 0.4) is 0 Å². The number of amides is 1. The summed E-state index contributed by atoms with van der Waals surface area (Å²) in [5.74, 6) is 2.11. The van der Waals surface area contributed by atoms with E-state index in [1.165, 1.54) is 0 Å². The summed E-state index contributed by atoms with van der Waals surface area (Å²) < 4.78 is 1.69. The van der Waals surface area contributed by atoms with Gasteiger partial charge < -0.3 is 5.32 Å². The molecule has 0 atom stereocenters. The predicted octanol–water partition coefficient (Wildman–Crippen LogP) is 0.750. The number of carbonyl (C=O) groups is 1. The van der Waals surface area contributed by atoms with Crippen LogP contribution in [-0.4, -0.2) is 43.0 Å². The average molecular weight is 263 g/mol. The van der Waals surface area contributed by atoms with Gasteiger partial charge in [-0.15, -0.1) is 10.2 Å². The second-order valence-corrected chi connectivity index (χ2v) is 5.45. The van der Waals surface area contributed by atoms with E-state index in [9.17, 15) is 4.79 Å². The number of thioether (sulfide) groups is 1. The molecule has 0 saturated carbocycles. The Hall–Kier alpha value is -1.63. The number of carbonyl (C=O) groups excluding carboxylic acids is 1. The number of aromatic nitrogens is 4. The van der Waals surface area contributed by atoms with Crippen molar-refractivity contribution in [1.29, 1.82) is 0 Å². The molecule has 1 aliphatic heterocycles. The quantitative estimate of drug-likeness (QED) is 0.865. The molecule has 3 heterocycles. The number of hydrogen-bond donors (Lipinski definition) is 1. The Morgan fingerprint density at radius 1 is 1.44 bits per heavy atom. The van der Waals surface area contributed by atoms with E-state index in [2.05, 4.69) is 20.5 Å². The molecular weight excluding hydrogens is 250 g/mol. The van der Waals surface area contributed by atoms with Crippen molar-refractivity contribution < 1.29 is 4.79 Å². The minimum absolute atomic E-state index is 0.123. The second kappa shape index (κ2) is 4.93. The van der Waals surface area contributed by atoms with Gasteiger partial charge in [0.25, 0.3) is 5.91 Å². The summed E-state index contributed by atoms with van der Waals surface area (Å²) in [4.78, 5) is 16.1. The minimum Gasteiger partial charge on any atom is -0.348 e. The summed E-state index contributed by atoms with van der Waals surface area (Å²) in [6, 6.07) is 0.275. The molecule has 94 valence electrons. The third-order valence-electron chi connectivity index (χ3n) is 2.97. The van der Waals surface area contributed by atoms with Gasteiger partial charge >= 0.3 is 0 Å². The standard InChI is InChI=1S/C11H13N5OS/c17-11(14-8-1-3-18-4-2-8)9-6-16-7-13-15-10(16)5-12-9/h5-8H,1-4H2,(H,14,17). The lowest BCUT2D eigenvalue weighted by atomic mass is 10.1. The van der Waals surface area contributed by atoms with E-state index in [-0.39, 0.29) is 11.9 Å². The van der Waals surface area contributed by atoms with Crippen LogP contribution in [0.25, 0.3) is 5.65 Å². The fraction of sp³-hybridized carbons (Fsp3) is 0.455. The van der Waals surface area contributed by atoms with Crippen LogP contribution >= 0.6 is 11.8 Å². The van der Waals surface area contributed by atoms with Crippen molar-refractivity contribution >= 4 is 23.3 Å². The molecule has 1 saturated heterocycles. The SMILES string of the molecule is O=C(NC1CCSCC1)c1cn2cnnc2cn1. The van der Waals surface area contributed by atoms with Crippen LogP contribution in [0.15, 0.2) is 18.7 Å². The van der Waals surface area contributed by atoms with Crippen molar-refractivity contribution in [3.8, 4) is 0 Å². The van der Waals surface area contributed by atoms with Gasteiger partial charge in [0, 0.05) is 12.2 Å². The molecule has 1 amide bonds. The maximum atomic E-state index is 12.0. The Balaban J connectivity index is 1.74. The third kappa shape index (κ3) is 2.31. The van der Waals surface area contributed by atoms with Gasteiger partial charge in [-0.25, -0.2) is 4.98 Å². The van der Waals surface area contributed by atoms with Gasteiger partial charge in [-0.1, -0.05) is 0 Å². The van der Waals surface area contributed by atoms with Gasteiger partial charge in [-0.2, -0.15) is 11.8 Å². The molecule has 0 aliphatic carbocycles. The lowest BCUT2D eigenvalue weighted by Gasteiger charge is -2.22. The van der Waals surface area contributed by atoms with Gasteiger partial charge in [0.1, 0.15) is 12.0 Å². The van der Waals surface area contributed by atoms with E-state index in [4.69, 9.17) is 0 Å². The van der Waals surface area contributed by atoms with E-state index in [0.29, 0.717) is 11.3 Å². The highest BCUT2D eigenvalue weighted by Crippen LogP contribution is 2.17. The van der Waals surface area contributed by atoms with Gasteiger partial charge in [-0.3, -0.25) is 9.20 Å². The van der Waals surface area contributed by atoms with E-state index < -0.39 is 0 Å². The van der Waals surface area contributed by atoms with Crippen LogP contribution in [0.2, 0.25) is 0 Å². The van der Waals surface area contributed by atoms with Gasteiger partial charge in [0.2, 0.25) is 0 Å². The highest BCUT2D eigenvalue weighted by Gasteiger charge is 2.17. The van der Waals surface area contributed by atoms with Gasteiger partial charge in [0.05, 0.1) is 6.20 Å². The fourth-order valence-electron chi connectivity index (χ4n) is 1.95. The van der Waals surface area contributed by atoms with Crippen molar-refractivity contribution in [3.05, 3.63) is 24.4 Å². The maximum absolute atomic E-state index is 12.0. The Morgan fingerprint density at radius 2 is 2.28 bits per heavy atom. The molecule has 0 radical (unpaired) electrons. The molecule has 0 spiro atoms. The third-order valence-corrected chi connectivity index (χ3v) is 4.02. The molecular formula is C11H13N5OS. The monoisotopic (exact) mass is 263 g/mol. The topological polar surface area (TPSA) is 72.2 Å². The lowest BCUT2D eigenvalue weighted by molar-refractivity contribution is 0.0929. The molecule has 2 aromatic rings. The molecule has 2 aromatic heterocycles. The molecule has 0 unspecified atom stereocenters. The zero-order valence-corrected chi connectivity index (χ0v) is 10.6. The Labute approximate surface area is 108 Å². The first kappa shape index (κ1) is 11.5. The summed E-state index contributed by atoms with van der Waals surface area (Å²) >= 11 is 1.94. The average Bonchev–Trinajstić information content (AvgIpc) is 2.87. The normalized spacial score (nSPS) is 16.9. The van der Waals surface area contributed by atoms with Gasteiger partial charge in [0.15, 0.2) is 5.65 Å². The fourth-order valence-corrected chi connectivity index (χ4v) is 3.06. The molecule has 0 bridgehead atoms. The summed E-state index contributed by atoms with van der Waals surface area (Å²) in [5, 5.41) is 10.6. The van der Waals surface area contributed by atoms with E-state index in [1.54, 1.807) is 23.1 Å². The summed E-state index contributed by atoms with van der Waals surface area (Å²) in [6.45, 7) is 0. The smallest absolute Gasteiger partial charge is 0.271 e. The molecule has 1 aliphatic rings. The minimum atomic E-state index is -0.123. The zero-order valence-electron chi connectivity index (χ0n) is 9.74. The van der Waals surface area contributed by atoms with Crippen LogP contribution in [0.1, 0.15) is 23.3 Å². The first-order valence-electron chi connectivity index (χ1n) is 5.87. The van der Waals surface area contributed by atoms with Crippen LogP contribution in [-0.2, 0) is 0 Å². The molecule has 1 fully saturated rings. The molecule has 3 rings (SSSR count). The van der Waals surface area contributed by atoms with Crippen LogP contribution < -0.4 is 5.32 Å². The number of rotatable bonds is 2. The Bertz CT molecular complexity index is 563. The van der Waals surface area contributed by atoms with E-state index in [1.807, 2.05) is 11.8 Å². The highest BCUT2D eigenvalue weighted by atomic mass is 32.2. The molecule has 1 N–H and O–H groups in total. The molecule has 0 aromatic carbocycles. The van der Waals surface area contributed by atoms with Crippen molar-refractivity contribution in [3.63, 3.8) is 0 Å². The van der Waals surface area contributed by atoms with Crippen molar-refractivity contribution in [2.45, 2.75) is 18.9 Å². The second-order valence-electron chi connectivity index (χ2n) is 4.23. The summed E-state index contributed by atoms with van der Waals surface area (Å²) in [5.41, 5.74) is 1.04. The van der Waals surface area contributed by atoms with Crippen molar-refractivity contribution in [2.75, 3.05) is 11.5 Å². The van der Waals surface area contributed by atoms with Crippen LogP contribution in [0.5, 0.6) is 0 Å². The van der Waals surface area contributed by atoms with Gasteiger partial charge in [-0.05, 0) is 24.3 Å². The largest absolute Gasteiger partial charge is 0.348 e. The highest BCUT2D eigenvalue weighted by molar-refractivity contribution is 7.99. The first-order valence-corrected chi connectivity index (χ1v) is 7.02. The van der Waals surface area contributed by atoms with Crippen LogP contribution in [0, 0.1) is 0 Å². The zero-order chi connectivity index (χ0) is 12.4. The summed E-state index contributed by atoms with van der Waals surface area (Å²) in [7, 11) is 0. The van der Waals surface area contributed by atoms with E-state index >= 15 is 0 Å². The lowest BCUT2D eigenvalue weighted by Crippen LogP contribution is -2.37. The first-order chi connectivity index (χ1) is 8.83. The molecule has 18 heavy (non-hydrogen) atoms. The number of hydrogen-bond acceptors (Lipinski definition) is 5. The molecule has 6 nitrogen and oxygen atoms in total. The van der Waals surface area contributed by atoms with Crippen molar-refractivity contribution in [1.82, 2.24) is 24.9 Å². The maximum Gasteiger partial charge on any atom is 0.271 e. The summed E-state index contributed by atoms with van der Waals surface area (Å²) in [6.07, 6.45) is 6.84. The molecule has 7 heteroatoms. The Morgan fingerprint density at radius 3 is 3.11 bits per heavy atom. The van der Waals surface area contributed by atoms with Crippen molar-refractivity contribution in [2.24, 2.45) is 0 Å². The Kier molecular flexibility index (Phi) is 3.14. The number of fused-ring (bicyclic) bond motifs is 1. The predicted molar refractivity (Wildman–Crippen MR) is 68.6 cm³/mol. The van der Waals surface area contributed by atoms with E-state index in [0.717, 1.165) is 24.3 Å². The number of nitrogens with zero attached hydrogens (tertiary/aromatic N) is 4. The number of nitrogens with one attached hydrogen (secondary N) is 1.